The van der Waals surface area contributed by atoms with Crippen LogP contribution in [-0.4, -0.2) is 60.0 Å². The Balaban J connectivity index is 1.47. The van der Waals surface area contributed by atoms with E-state index in [-0.39, 0.29) is 12.6 Å². The number of ether oxygens (including phenoxy) is 2. The summed E-state index contributed by atoms with van der Waals surface area (Å²) < 4.78 is 12.7. The van der Waals surface area contributed by atoms with Crippen molar-refractivity contribution < 1.29 is 19.1 Å². The van der Waals surface area contributed by atoms with Crippen LogP contribution >= 0.6 is 0 Å². The Hall–Kier alpha value is -2.87. The van der Waals surface area contributed by atoms with E-state index in [2.05, 4.69) is 16.3 Å². The van der Waals surface area contributed by atoms with Crippen LogP contribution < -0.4 is 5.32 Å². The number of amides is 2. The zero-order valence-electron chi connectivity index (χ0n) is 15.9. The number of nitrogens with zero attached hydrogens (tertiary/aromatic N) is 3. The molecule has 0 atom stereocenters. The lowest BCUT2D eigenvalue weighted by atomic mass is 9.84. The fourth-order valence-corrected chi connectivity index (χ4v) is 3.90. The molecule has 2 aliphatic rings. The first kappa shape index (κ1) is 18.5. The van der Waals surface area contributed by atoms with Gasteiger partial charge >= 0.3 is 12.0 Å². The smallest absolute Gasteiger partial charge is 0.325 e. The number of benzene rings is 1. The fourth-order valence-electron chi connectivity index (χ4n) is 3.90. The number of para-hydroxylation sites is 1. The van der Waals surface area contributed by atoms with Gasteiger partial charge < -0.3 is 19.7 Å². The highest BCUT2D eigenvalue weighted by molar-refractivity contribution is 5.80. The van der Waals surface area contributed by atoms with Gasteiger partial charge in [-0.3, -0.25) is 4.79 Å². The molecular formula is C20H24N4O4. The number of methoxy groups -OCH3 is 1. The molecule has 8 heteroatoms. The van der Waals surface area contributed by atoms with Crippen LogP contribution in [0.1, 0.15) is 24.1 Å². The lowest BCUT2D eigenvalue weighted by Gasteiger charge is -2.42. The number of carbonyl (C=O) groups excluding carboxylic acids is 2. The standard InChI is InChI=1S/C20H24N4O4/c1-27-17(25)13-21-19(26)23-10-8-20(9-11-23)18-15(7-12-28-20)14-24(22-18)16-5-3-2-4-6-16/h2-6,14H,7-13H2,1H3,(H,21,26). The Morgan fingerprint density at radius 3 is 2.71 bits per heavy atom. The molecule has 1 N–H and O–H groups in total. The predicted molar refractivity (Wildman–Crippen MR) is 101 cm³/mol. The molecule has 1 fully saturated rings. The topological polar surface area (TPSA) is 85.7 Å². The molecule has 0 radical (unpaired) electrons. The zero-order chi connectivity index (χ0) is 19.6. The number of urea groups is 1. The molecule has 1 aromatic carbocycles. The normalized spacial score (nSPS) is 17.8. The summed E-state index contributed by atoms with van der Waals surface area (Å²) >= 11 is 0. The van der Waals surface area contributed by atoms with Crippen molar-refractivity contribution in [3.63, 3.8) is 0 Å². The van der Waals surface area contributed by atoms with Crippen LogP contribution in [0.3, 0.4) is 0 Å². The Kier molecular flexibility index (Phi) is 5.04. The Morgan fingerprint density at radius 1 is 1.25 bits per heavy atom. The van der Waals surface area contributed by atoms with E-state index in [1.165, 1.54) is 12.7 Å². The molecule has 0 saturated carbocycles. The molecule has 1 aromatic heterocycles. The molecule has 4 rings (SSSR count). The first-order chi connectivity index (χ1) is 13.6. The maximum Gasteiger partial charge on any atom is 0.325 e. The van der Waals surface area contributed by atoms with Crippen LogP contribution in [0.15, 0.2) is 36.5 Å². The molecule has 0 bridgehead atoms. The number of nitrogens with one attached hydrogen (secondary N) is 1. The maximum absolute atomic E-state index is 12.3. The summed E-state index contributed by atoms with van der Waals surface area (Å²) in [4.78, 5) is 25.2. The number of esters is 1. The average Bonchev–Trinajstić information content (AvgIpc) is 3.19. The van der Waals surface area contributed by atoms with Crippen LogP contribution in [-0.2, 0) is 26.3 Å². The van der Waals surface area contributed by atoms with Gasteiger partial charge in [0.05, 0.1) is 25.1 Å². The second kappa shape index (κ2) is 7.63. The van der Waals surface area contributed by atoms with E-state index in [4.69, 9.17) is 9.84 Å². The third-order valence-electron chi connectivity index (χ3n) is 5.46. The summed E-state index contributed by atoms with van der Waals surface area (Å²) in [6, 6.07) is 9.77. The molecule has 8 nitrogen and oxygen atoms in total. The van der Waals surface area contributed by atoms with Gasteiger partial charge in [-0.15, -0.1) is 0 Å². The number of fused-ring (bicyclic) bond motifs is 2. The van der Waals surface area contributed by atoms with Gasteiger partial charge in [0.1, 0.15) is 12.1 Å². The second-order valence-electron chi connectivity index (χ2n) is 7.10. The van der Waals surface area contributed by atoms with E-state index in [9.17, 15) is 9.59 Å². The molecule has 2 aromatic rings. The van der Waals surface area contributed by atoms with Crippen molar-refractivity contribution in [2.45, 2.75) is 24.9 Å². The number of aromatic nitrogens is 2. The summed E-state index contributed by atoms with van der Waals surface area (Å²) in [5, 5.41) is 7.44. The first-order valence-corrected chi connectivity index (χ1v) is 9.49. The highest BCUT2D eigenvalue weighted by atomic mass is 16.5. The molecule has 2 aliphatic heterocycles. The minimum Gasteiger partial charge on any atom is -0.468 e. The molecular weight excluding hydrogens is 360 g/mol. The van der Waals surface area contributed by atoms with Crippen LogP contribution in [0.4, 0.5) is 4.79 Å². The molecule has 148 valence electrons. The van der Waals surface area contributed by atoms with Crippen LogP contribution in [0.25, 0.3) is 5.69 Å². The van der Waals surface area contributed by atoms with E-state index < -0.39 is 11.6 Å². The number of piperidine rings is 1. The van der Waals surface area contributed by atoms with Gasteiger partial charge in [-0.2, -0.15) is 5.10 Å². The van der Waals surface area contributed by atoms with Gasteiger partial charge in [0, 0.05) is 19.3 Å². The van der Waals surface area contributed by atoms with Crippen molar-refractivity contribution in [2.75, 3.05) is 33.4 Å². The van der Waals surface area contributed by atoms with Crippen molar-refractivity contribution in [2.24, 2.45) is 0 Å². The van der Waals surface area contributed by atoms with E-state index in [0.29, 0.717) is 32.5 Å². The van der Waals surface area contributed by atoms with Gasteiger partial charge in [-0.25, -0.2) is 9.48 Å². The molecule has 1 saturated heterocycles. The monoisotopic (exact) mass is 384 g/mol. The van der Waals surface area contributed by atoms with Gasteiger partial charge in [0.15, 0.2) is 0 Å². The summed E-state index contributed by atoms with van der Waals surface area (Å²) in [5.41, 5.74) is 2.76. The van der Waals surface area contributed by atoms with E-state index in [1.54, 1.807) is 4.90 Å². The molecule has 2 amide bonds. The minimum absolute atomic E-state index is 0.126. The molecule has 28 heavy (non-hydrogen) atoms. The van der Waals surface area contributed by atoms with Crippen LogP contribution in [0.5, 0.6) is 0 Å². The number of rotatable bonds is 3. The van der Waals surface area contributed by atoms with Crippen LogP contribution in [0, 0.1) is 0 Å². The second-order valence-corrected chi connectivity index (χ2v) is 7.10. The molecule has 0 aliphatic carbocycles. The maximum atomic E-state index is 12.3. The van der Waals surface area contributed by atoms with E-state index in [1.807, 2.05) is 35.0 Å². The van der Waals surface area contributed by atoms with Crippen molar-refractivity contribution in [1.82, 2.24) is 20.0 Å². The summed E-state index contributed by atoms with van der Waals surface area (Å²) in [7, 11) is 1.30. The Labute approximate surface area is 163 Å². The number of hydrogen-bond acceptors (Lipinski definition) is 5. The van der Waals surface area contributed by atoms with Crippen LogP contribution in [0.2, 0.25) is 0 Å². The molecule has 3 heterocycles. The predicted octanol–water partition coefficient (Wildman–Crippen LogP) is 1.62. The number of likely N-dealkylation sites (tertiary alicyclic amines) is 1. The van der Waals surface area contributed by atoms with Crippen molar-refractivity contribution in [3.05, 3.63) is 47.8 Å². The molecule has 1 spiro atoms. The third kappa shape index (κ3) is 3.47. The summed E-state index contributed by atoms with van der Waals surface area (Å²) in [6.45, 7) is 1.62. The average molecular weight is 384 g/mol. The summed E-state index contributed by atoms with van der Waals surface area (Å²) in [5.74, 6) is -0.464. The van der Waals surface area contributed by atoms with E-state index in [0.717, 1.165) is 17.8 Å². The quantitative estimate of drug-likeness (QED) is 0.813. The van der Waals surface area contributed by atoms with Gasteiger partial charge in [-0.1, -0.05) is 18.2 Å². The minimum atomic E-state index is -0.464. The summed E-state index contributed by atoms with van der Waals surface area (Å²) in [6.07, 6.45) is 4.28. The van der Waals surface area contributed by atoms with Crippen molar-refractivity contribution >= 4 is 12.0 Å². The van der Waals surface area contributed by atoms with Gasteiger partial charge in [0.25, 0.3) is 0 Å². The first-order valence-electron chi connectivity index (χ1n) is 9.49. The Morgan fingerprint density at radius 2 is 2.00 bits per heavy atom. The largest absolute Gasteiger partial charge is 0.468 e. The number of hydrogen-bond donors (Lipinski definition) is 1. The van der Waals surface area contributed by atoms with Gasteiger partial charge in [-0.05, 0) is 37.0 Å². The van der Waals surface area contributed by atoms with E-state index >= 15 is 0 Å². The third-order valence-corrected chi connectivity index (χ3v) is 5.46. The lowest BCUT2D eigenvalue weighted by molar-refractivity contribution is -0.139. The number of carbonyl (C=O) groups is 2. The lowest BCUT2D eigenvalue weighted by Crippen LogP contribution is -2.51. The zero-order valence-corrected chi connectivity index (χ0v) is 15.9. The van der Waals surface area contributed by atoms with Gasteiger partial charge in [0.2, 0.25) is 0 Å². The van der Waals surface area contributed by atoms with Crippen molar-refractivity contribution in [3.8, 4) is 5.69 Å². The Bertz CT molecular complexity index is 856. The molecule has 0 unspecified atom stereocenters. The van der Waals surface area contributed by atoms with Crippen molar-refractivity contribution in [1.29, 1.82) is 0 Å². The highest BCUT2D eigenvalue weighted by Crippen LogP contribution is 2.40. The highest BCUT2D eigenvalue weighted by Gasteiger charge is 2.44. The SMILES string of the molecule is COC(=O)CNC(=O)N1CCC2(CC1)OCCc1cn(-c3ccccc3)nc12. The fraction of sp³-hybridized carbons (Fsp3) is 0.450.